The predicted molar refractivity (Wildman–Crippen MR) is 49.6 cm³/mol. The molecule has 0 radical (unpaired) electrons. The fourth-order valence-corrected chi connectivity index (χ4v) is 0.901. The van der Waals surface area contributed by atoms with Crippen LogP contribution >= 0.6 is 0 Å². The van der Waals surface area contributed by atoms with Crippen LogP contribution in [-0.4, -0.2) is 45.8 Å². The van der Waals surface area contributed by atoms with E-state index in [-0.39, 0.29) is 0 Å². The summed E-state index contributed by atoms with van der Waals surface area (Å²) in [5.74, 6) is 0. The molecule has 0 aromatic rings. The van der Waals surface area contributed by atoms with E-state index in [0.717, 1.165) is 0 Å². The molecule has 0 N–H and O–H groups in total. The van der Waals surface area contributed by atoms with Gasteiger partial charge in [-0.25, -0.2) is 0 Å². The summed E-state index contributed by atoms with van der Waals surface area (Å²) in [5.41, 5.74) is 0. The van der Waals surface area contributed by atoms with Gasteiger partial charge in [0.25, 0.3) is 20.3 Å². The molecule has 16 heteroatoms. The lowest BCUT2D eigenvalue weighted by Gasteiger charge is -2.21. The van der Waals surface area contributed by atoms with Gasteiger partial charge in [0.1, 0.15) is 13.2 Å². The maximum Gasteiger partial charge on any atom is 0.294 e. The maximum absolute atomic E-state index is 10.1. The number of hydrogen-bond acceptors (Lipinski definition) is 12. The van der Waals surface area contributed by atoms with Crippen molar-refractivity contribution in [3.63, 3.8) is 0 Å². The SMILES string of the molecule is O=[N+]([O-])OC[C@H](O[N+](=O)[O-])[C@H](CO[N+](=O)[O-])O[N+](=O)[O-]. The molecule has 0 aliphatic carbocycles. The van der Waals surface area contributed by atoms with Crippen LogP contribution in [0.3, 0.4) is 0 Å². The van der Waals surface area contributed by atoms with Crippen LogP contribution in [-0.2, 0) is 19.4 Å². The van der Waals surface area contributed by atoms with Gasteiger partial charge in [-0.05, 0) is 0 Å². The van der Waals surface area contributed by atoms with Crippen molar-refractivity contribution in [2.75, 3.05) is 13.2 Å². The van der Waals surface area contributed by atoms with E-state index in [9.17, 15) is 40.5 Å². The first-order valence-electron chi connectivity index (χ1n) is 4.39. The minimum Gasteiger partial charge on any atom is -0.311 e. The van der Waals surface area contributed by atoms with Crippen LogP contribution in [0.2, 0.25) is 0 Å². The quantitative estimate of drug-likeness (QED) is 0.317. The molecule has 0 fully saturated rings. The van der Waals surface area contributed by atoms with Gasteiger partial charge in [0.05, 0.1) is 0 Å². The number of hydrogen-bond donors (Lipinski definition) is 0. The molecular formula is C4H6N4O12. The zero-order chi connectivity index (χ0) is 15.7. The van der Waals surface area contributed by atoms with E-state index in [4.69, 9.17) is 0 Å². The summed E-state index contributed by atoms with van der Waals surface area (Å²) in [7, 11) is 0. The van der Waals surface area contributed by atoms with E-state index in [1.54, 1.807) is 0 Å². The molecule has 0 aromatic carbocycles. The van der Waals surface area contributed by atoms with E-state index in [2.05, 4.69) is 19.4 Å². The van der Waals surface area contributed by atoms with Crippen molar-refractivity contribution in [1.29, 1.82) is 0 Å². The number of rotatable bonds is 11. The molecule has 0 spiro atoms. The smallest absolute Gasteiger partial charge is 0.294 e. The molecule has 0 saturated carbocycles. The lowest BCUT2D eigenvalue weighted by atomic mass is 10.2. The van der Waals surface area contributed by atoms with E-state index >= 15 is 0 Å². The fourth-order valence-electron chi connectivity index (χ4n) is 0.901. The van der Waals surface area contributed by atoms with Crippen molar-refractivity contribution < 1.29 is 39.7 Å². The second-order valence-electron chi connectivity index (χ2n) is 2.77. The third-order valence-corrected chi connectivity index (χ3v) is 1.55. The molecule has 0 bridgehead atoms. The van der Waals surface area contributed by atoms with Crippen LogP contribution in [0.1, 0.15) is 0 Å². The highest BCUT2D eigenvalue weighted by atomic mass is 17.0. The minimum atomic E-state index is -2.00. The topological polar surface area (TPSA) is 209 Å². The Kier molecular flexibility index (Phi) is 6.72. The van der Waals surface area contributed by atoms with Gasteiger partial charge >= 0.3 is 0 Å². The van der Waals surface area contributed by atoms with E-state index in [1.807, 2.05) is 0 Å². The first-order valence-corrected chi connectivity index (χ1v) is 4.39. The Balaban J connectivity index is 4.83. The molecule has 0 rings (SSSR count). The van der Waals surface area contributed by atoms with Crippen LogP contribution in [0.5, 0.6) is 0 Å². The highest BCUT2D eigenvalue weighted by Gasteiger charge is 2.31. The molecule has 0 unspecified atom stereocenters. The van der Waals surface area contributed by atoms with Crippen molar-refractivity contribution in [3.8, 4) is 0 Å². The van der Waals surface area contributed by atoms with Crippen LogP contribution in [0.15, 0.2) is 0 Å². The molecule has 0 saturated heterocycles. The van der Waals surface area contributed by atoms with Crippen LogP contribution in [0, 0.1) is 40.5 Å². The zero-order valence-electron chi connectivity index (χ0n) is 9.26. The van der Waals surface area contributed by atoms with Gasteiger partial charge in [0.2, 0.25) is 0 Å². The van der Waals surface area contributed by atoms with Crippen LogP contribution in [0.25, 0.3) is 0 Å². The van der Waals surface area contributed by atoms with E-state index < -0.39 is 45.8 Å². The first kappa shape index (κ1) is 16.8. The summed E-state index contributed by atoms with van der Waals surface area (Å²) in [6.07, 6.45) is -4.00. The summed E-state index contributed by atoms with van der Waals surface area (Å²) >= 11 is 0. The monoisotopic (exact) mass is 302 g/mol. The summed E-state index contributed by atoms with van der Waals surface area (Å²) < 4.78 is 0. The van der Waals surface area contributed by atoms with Gasteiger partial charge in [-0.3, -0.25) is 0 Å². The van der Waals surface area contributed by atoms with Crippen molar-refractivity contribution in [1.82, 2.24) is 0 Å². The molecule has 0 aliphatic rings. The lowest BCUT2D eigenvalue weighted by Crippen LogP contribution is -2.42. The second kappa shape index (κ2) is 8.00. The molecule has 0 aliphatic heterocycles. The predicted octanol–water partition coefficient (Wildman–Crippen LogP) is -1.44. The number of nitrogens with zero attached hydrogens (tertiary/aromatic N) is 4. The molecule has 2 atom stereocenters. The zero-order valence-corrected chi connectivity index (χ0v) is 9.26. The van der Waals surface area contributed by atoms with Gasteiger partial charge in [0.15, 0.2) is 12.2 Å². The Bertz CT molecular complexity index is 348. The Morgan fingerprint density at radius 3 is 1.15 bits per heavy atom. The summed E-state index contributed by atoms with van der Waals surface area (Å²) in [5, 5.41) is 34.6. The highest BCUT2D eigenvalue weighted by Crippen LogP contribution is 2.08. The highest BCUT2D eigenvalue weighted by molar-refractivity contribution is 4.67. The van der Waals surface area contributed by atoms with Gasteiger partial charge in [-0.2, -0.15) is 0 Å². The molecule has 0 amide bonds. The molecule has 16 nitrogen and oxygen atoms in total. The fraction of sp³-hybridized carbons (Fsp3) is 1.00. The van der Waals surface area contributed by atoms with E-state index in [1.165, 1.54) is 0 Å². The summed E-state index contributed by atoms with van der Waals surface area (Å²) in [6, 6.07) is 0. The minimum absolute atomic E-state index is 1.15. The lowest BCUT2D eigenvalue weighted by molar-refractivity contribution is -0.818. The van der Waals surface area contributed by atoms with Gasteiger partial charge in [0, 0.05) is 0 Å². The van der Waals surface area contributed by atoms with Crippen molar-refractivity contribution in [2.45, 2.75) is 12.2 Å². The van der Waals surface area contributed by atoms with E-state index in [0.29, 0.717) is 0 Å². The normalized spacial score (nSPS) is 12.6. The molecule has 114 valence electrons. The Hall–Kier alpha value is -3.20. The third kappa shape index (κ3) is 7.97. The Morgan fingerprint density at radius 2 is 0.950 bits per heavy atom. The van der Waals surface area contributed by atoms with Crippen molar-refractivity contribution in [3.05, 3.63) is 40.5 Å². The van der Waals surface area contributed by atoms with Gasteiger partial charge in [-0.15, -0.1) is 40.5 Å². The van der Waals surface area contributed by atoms with Crippen LogP contribution < -0.4 is 0 Å². The van der Waals surface area contributed by atoms with Gasteiger partial charge < -0.3 is 19.4 Å². The molecule has 0 aromatic heterocycles. The average Bonchev–Trinajstić information content (AvgIpc) is 2.28. The third-order valence-electron chi connectivity index (χ3n) is 1.55. The van der Waals surface area contributed by atoms with Gasteiger partial charge in [-0.1, -0.05) is 0 Å². The van der Waals surface area contributed by atoms with Crippen molar-refractivity contribution in [2.24, 2.45) is 0 Å². The Morgan fingerprint density at radius 1 is 0.650 bits per heavy atom. The Labute approximate surface area is 107 Å². The summed E-state index contributed by atoms with van der Waals surface area (Å²) in [6.45, 7) is -2.29. The second-order valence-corrected chi connectivity index (χ2v) is 2.77. The summed E-state index contributed by atoms with van der Waals surface area (Å²) in [4.78, 5) is 55.4. The molecule has 0 heterocycles. The first-order chi connectivity index (χ1) is 9.22. The molecular weight excluding hydrogens is 296 g/mol. The maximum atomic E-state index is 10.1. The molecule has 20 heavy (non-hydrogen) atoms. The van der Waals surface area contributed by atoms with Crippen molar-refractivity contribution >= 4 is 0 Å². The standard InChI is InChI=1S/C4H6N4O12/c9-5(10)17-1-3(19-7(13)14)4(20-8(15)16)2-18-6(11)12/h3-4H,1-2H2/t3-,4-/m0/s1. The largest absolute Gasteiger partial charge is 0.311 e. The average molecular weight is 302 g/mol. The van der Waals surface area contributed by atoms with Crippen LogP contribution in [0.4, 0.5) is 0 Å².